The summed E-state index contributed by atoms with van der Waals surface area (Å²) in [6.07, 6.45) is -1.40. The Morgan fingerprint density at radius 2 is 1.61 bits per heavy atom. The van der Waals surface area contributed by atoms with Gasteiger partial charge in [0.25, 0.3) is 5.91 Å². The normalized spacial score (nSPS) is 20.6. The number of halogens is 1. The van der Waals surface area contributed by atoms with E-state index in [2.05, 4.69) is 0 Å². The number of carbonyl (C=O) groups is 1. The van der Waals surface area contributed by atoms with Crippen LogP contribution in [-0.2, 0) is 27.9 Å². The predicted molar refractivity (Wildman–Crippen MR) is 126 cm³/mol. The highest BCUT2D eigenvalue weighted by Crippen LogP contribution is 2.37. The van der Waals surface area contributed by atoms with Crippen LogP contribution in [0.25, 0.3) is 0 Å². The smallest absolute Gasteiger partial charge is 0.256 e. The molecule has 0 radical (unpaired) electrons. The lowest BCUT2D eigenvalue weighted by molar-refractivity contribution is -0.139. The fourth-order valence-corrected chi connectivity index (χ4v) is 6.85. The number of ether oxygens (including phenoxy) is 2. The van der Waals surface area contributed by atoms with Gasteiger partial charge in [-0.15, -0.1) is 0 Å². The molecule has 36 heavy (non-hydrogen) atoms. The lowest BCUT2D eigenvalue weighted by Crippen LogP contribution is -2.38. The van der Waals surface area contributed by atoms with Crippen molar-refractivity contribution in [3.05, 3.63) is 64.0 Å². The van der Waals surface area contributed by atoms with Gasteiger partial charge in [-0.3, -0.25) is 9.69 Å². The van der Waals surface area contributed by atoms with Gasteiger partial charge >= 0.3 is 0 Å². The second-order valence-electron chi connectivity index (χ2n) is 9.65. The maximum absolute atomic E-state index is 14.2. The van der Waals surface area contributed by atoms with Crippen molar-refractivity contribution in [2.75, 3.05) is 46.4 Å². The van der Waals surface area contributed by atoms with Gasteiger partial charge in [0.2, 0.25) is 10.0 Å². The molecular formula is C25H26FN3O6S. The Kier molecular flexibility index (Phi) is 5.56. The molecule has 0 saturated carbocycles. The molecule has 4 aliphatic rings. The minimum atomic E-state index is -3.76. The summed E-state index contributed by atoms with van der Waals surface area (Å²) < 4.78 is 53.2. The molecule has 0 saturated heterocycles. The van der Waals surface area contributed by atoms with Crippen molar-refractivity contribution in [2.24, 2.45) is 0 Å². The standard InChI is InChI=1S/C25H26FN3O6S/c1-27-13-19-18(3-4-21(26)20(19)14-27)24(30)25(31)28-9-15-11-29(12-16(15)10-28)36(32,33)17-2-5-22-23(8-17)35-7-6-34-22/h2-5,8,24,30H,6-7,9-14H2,1H3. The fourth-order valence-electron chi connectivity index (χ4n) is 5.40. The first-order valence-electron chi connectivity index (χ1n) is 11.8. The molecule has 0 spiro atoms. The zero-order valence-corrected chi connectivity index (χ0v) is 20.6. The molecule has 0 aromatic heterocycles. The highest BCUT2D eigenvalue weighted by molar-refractivity contribution is 7.89. The summed E-state index contributed by atoms with van der Waals surface area (Å²) in [5.41, 5.74) is 3.33. The molecule has 190 valence electrons. The molecule has 2 aromatic carbocycles. The van der Waals surface area contributed by atoms with E-state index in [1.54, 1.807) is 6.07 Å². The molecular weight excluding hydrogens is 489 g/mol. The molecule has 6 rings (SSSR count). The summed E-state index contributed by atoms with van der Waals surface area (Å²) in [5, 5.41) is 10.9. The molecule has 9 nitrogen and oxygen atoms in total. The largest absolute Gasteiger partial charge is 0.486 e. The van der Waals surface area contributed by atoms with Crippen molar-refractivity contribution in [3.8, 4) is 11.5 Å². The topological polar surface area (TPSA) is 99.6 Å². The summed E-state index contributed by atoms with van der Waals surface area (Å²) >= 11 is 0. The van der Waals surface area contributed by atoms with Gasteiger partial charge in [0, 0.05) is 50.9 Å². The van der Waals surface area contributed by atoms with Crippen LogP contribution in [0.2, 0.25) is 0 Å². The summed E-state index contributed by atoms with van der Waals surface area (Å²) in [6.45, 7) is 2.56. The van der Waals surface area contributed by atoms with E-state index < -0.39 is 22.0 Å². The van der Waals surface area contributed by atoms with Crippen molar-refractivity contribution in [2.45, 2.75) is 24.1 Å². The van der Waals surface area contributed by atoms with E-state index in [9.17, 15) is 22.7 Å². The summed E-state index contributed by atoms with van der Waals surface area (Å²) in [4.78, 5) is 16.8. The fraction of sp³-hybridized carbons (Fsp3) is 0.400. The van der Waals surface area contributed by atoms with Gasteiger partial charge in [0.15, 0.2) is 17.6 Å². The van der Waals surface area contributed by atoms with Crippen LogP contribution in [0.4, 0.5) is 4.39 Å². The van der Waals surface area contributed by atoms with Crippen LogP contribution < -0.4 is 9.47 Å². The lowest BCUT2D eigenvalue weighted by atomic mass is 9.98. The number of nitrogens with zero attached hydrogens (tertiary/aromatic N) is 3. The number of sulfonamides is 1. The van der Waals surface area contributed by atoms with E-state index in [0.717, 1.165) is 11.1 Å². The van der Waals surface area contributed by atoms with Gasteiger partial charge in [-0.1, -0.05) is 6.07 Å². The number of hydrogen-bond acceptors (Lipinski definition) is 7. The highest BCUT2D eigenvalue weighted by Gasteiger charge is 2.40. The molecule has 4 aliphatic heterocycles. The molecule has 2 aromatic rings. The molecule has 0 bridgehead atoms. The second-order valence-corrected chi connectivity index (χ2v) is 11.6. The number of benzene rings is 2. The van der Waals surface area contributed by atoms with E-state index in [0.29, 0.717) is 54.5 Å². The predicted octanol–water partition coefficient (Wildman–Crippen LogP) is 1.42. The maximum atomic E-state index is 14.2. The summed E-state index contributed by atoms with van der Waals surface area (Å²) in [5.74, 6) is 0.132. The van der Waals surface area contributed by atoms with Gasteiger partial charge in [-0.05, 0) is 47.5 Å². The molecule has 1 atom stereocenters. The third-order valence-electron chi connectivity index (χ3n) is 7.26. The Labute approximate surface area is 208 Å². The van der Waals surface area contributed by atoms with Gasteiger partial charge in [0.05, 0.1) is 4.90 Å². The number of carbonyl (C=O) groups excluding carboxylic acids is 1. The van der Waals surface area contributed by atoms with Crippen LogP contribution in [0, 0.1) is 5.82 Å². The van der Waals surface area contributed by atoms with E-state index in [-0.39, 0.29) is 36.9 Å². The minimum Gasteiger partial charge on any atom is -0.486 e. The average Bonchev–Trinajstić information content (AvgIpc) is 3.56. The van der Waals surface area contributed by atoms with E-state index >= 15 is 0 Å². The van der Waals surface area contributed by atoms with Crippen molar-refractivity contribution >= 4 is 15.9 Å². The second kappa shape index (κ2) is 8.55. The number of hydrogen-bond donors (Lipinski definition) is 1. The molecule has 1 amide bonds. The summed E-state index contributed by atoms with van der Waals surface area (Å²) in [6, 6.07) is 7.38. The first kappa shape index (κ1) is 23.4. The number of amides is 1. The van der Waals surface area contributed by atoms with Gasteiger partial charge in [-0.25, -0.2) is 12.8 Å². The monoisotopic (exact) mass is 515 g/mol. The Bertz CT molecular complexity index is 1390. The maximum Gasteiger partial charge on any atom is 0.256 e. The van der Waals surface area contributed by atoms with Crippen molar-refractivity contribution < 1.29 is 32.2 Å². The Morgan fingerprint density at radius 3 is 2.33 bits per heavy atom. The number of aliphatic hydroxyl groups excluding tert-OH is 1. The van der Waals surface area contributed by atoms with Crippen LogP contribution in [0.15, 0.2) is 46.4 Å². The minimum absolute atomic E-state index is 0.131. The van der Waals surface area contributed by atoms with Gasteiger partial charge in [-0.2, -0.15) is 4.31 Å². The van der Waals surface area contributed by atoms with Gasteiger partial charge < -0.3 is 19.5 Å². The Hall–Kier alpha value is -2.99. The number of aliphatic hydroxyl groups is 1. The third-order valence-corrected chi connectivity index (χ3v) is 9.04. The third kappa shape index (κ3) is 3.78. The van der Waals surface area contributed by atoms with Crippen LogP contribution in [0.5, 0.6) is 11.5 Å². The van der Waals surface area contributed by atoms with Crippen LogP contribution in [0.1, 0.15) is 22.8 Å². The molecule has 1 unspecified atom stereocenters. The number of rotatable bonds is 4. The average molecular weight is 516 g/mol. The zero-order valence-electron chi connectivity index (χ0n) is 19.7. The molecule has 1 N–H and O–H groups in total. The SMILES string of the molecule is CN1Cc2c(F)ccc(C(O)C(=O)N3CC4=C(C3)CN(S(=O)(=O)c3ccc5c(c3)OCCO5)C4)c2C1. The Balaban J connectivity index is 1.14. The van der Waals surface area contributed by atoms with E-state index in [4.69, 9.17) is 9.47 Å². The summed E-state index contributed by atoms with van der Waals surface area (Å²) in [7, 11) is -1.91. The first-order valence-corrected chi connectivity index (χ1v) is 13.2. The quantitative estimate of drug-likeness (QED) is 0.615. The van der Waals surface area contributed by atoms with Crippen molar-refractivity contribution in [1.29, 1.82) is 0 Å². The van der Waals surface area contributed by atoms with E-state index in [1.165, 1.54) is 33.5 Å². The number of fused-ring (bicyclic) bond motifs is 2. The van der Waals surface area contributed by atoms with E-state index in [1.807, 2.05) is 11.9 Å². The first-order chi connectivity index (χ1) is 17.2. The molecule has 0 aliphatic carbocycles. The highest BCUT2D eigenvalue weighted by atomic mass is 32.2. The Morgan fingerprint density at radius 1 is 0.944 bits per heavy atom. The van der Waals surface area contributed by atoms with Crippen molar-refractivity contribution in [1.82, 2.24) is 14.1 Å². The van der Waals surface area contributed by atoms with Crippen LogP contribution in [-0.4, -0.2) is 80.0 Å². The van der Waals surface area contributed by atoms with Crippen LogP contribution in [0.3, 0.4) is 0 Å². The molecule has 0 fully saturated rings. The lowest BCUT2D eigenvalue weighted by Gasteiger charge is -2.25. The van der Waals surface area contributed by atoms with Gasteiger partial charge in [0.1, 0.15) is 19.0 Å². The zero-order chi connectivity index (χ0) is 25.2. The van der Waals surface area contributed by atoms with Crippen LogP contribution >= 0.6 is 0 Å². The molecule has 11 heteroatoms. The van der Waals surface area contributed by atoms with Crippen molar-refractivity contribution in [3.63, 3.8) is 0 Å². The molecule has 4 heterocycles.